The van der Waals surface area contributed by atoms with Crippen LogP contribution >= 0.6 is 0 Å². The molecule has 6 heteroatoms. The summed E-state index contributed by atoms with van der Waals surface area (Å²) in [5.41, 5.74) is -0.193. The third-order valence-electron chi connectivity index (χ3n) is 3.78. The lowest BCUT2D eigenvalue weighted by Gasteiger charge is -2.27. The van der Waals surface area contributed by atoms with Crippen molar-refractivity contribution in [3.8, 4) is 0 Å². The molecule has 0 saturated carbocycles. The van der Waals surface area contributed by atoms with Crippen LogP contribution in [0, 0.1) is 10.1 Å². The molecule has 2 aromatic rings. The Hall–Kier alpha value is -2.73. The van der Waals surface area contributed by atoms with E-state index in [9.17, 15) is 20.0 Å². The highest BCUT2D eigenvalue weighted by Crippen LogP contribution is 2.24. The molecule has 0 aromatic heterocycles. The molecule has 0 aliphatic heterocycles. The second-order valence-corrected chi connectivity index (χ2v) is 5.24. The minimum atomic E-state index is -1.16. The minimum Gasteiger partial charge on any atom is -0.383 e. The van der Waals surface area contributed by atoms with Crippen molar-refractivity contribution in [3.63, 3.8) is 0 Å². The first-order chi connectivity index (χ1) is 11.0. The van der Waals surface area contributed by atoms with Crippen LogP contribution in [0.1, 0.15) is 29.3 Å². The van der Waals surface area contributed by atoms with E-state index in [1.165, 1.54) is 24.3 Å². The lowest BCUT2D eigenvalue weighted by molar-refractivity contribution is -0.384. The van der Waals surface area contributed by atoms with E-state index >= 15 is 0 Å². The zero-order chi connectivity index (χ0) is 16.9. The summed E-state index contributed by atoms with van der Waals surface area (Å²) in [6, 6.07) is 14.5. The highest BCUT2D eigenvalue weighted by Gasteiger charge is 2.27. The molecule has 0 fully saturated rings. The number of nitro benzene ring substituents is 1. The zero-order valence-electron chi connectivity index (χ0n) is 12.7. The number of benzene rings is 2. The predicted molar refractivity (Wildman–Crippen MR) is 86.1 cm³/mol. The van der Waals surface area contributed by atoms with Crippen LogP contribution in [0.5, 0.6) is 0 Å². The minimum absolute atomic E-state index is 0.0589. The molecule has 0 saturated heterocycles. The van der Waals surface area contributed by atoms with Gasteiger partial charge in [0.25, 0.3) is 11.6 Å². The maximum Gasteiger partial charge on any atom is 0.269 e. The van der Waals surface area contributed by atoms with Gasteiger partial charge in [0.1, 0.15) is 5.60 Å². The van der Waals surface area contributed by atoms with Gasteiger partial charge in [0.15, 0.2) is 0 Å². The Kier molecular flexibility index (Phi) is 5.08. The highest BCUT2D eigenvalue weighted by atomic mass is 16.6. The average molecular weight is 314 g/mol. The van der Waals surface area contributed by atoms with Gasteiger partial charge in [-0.2, -0.15) is 0 Å². The Morgan fingerprint density at radius 2 is 1.78 bits per heavy atom. The van der Waals surface area contributed by atoms with Gasteiger partial charge in [0.2, 0.25) is 0 Å². The number of non-ortho nitro benzene ring substituents is 1. The maximum atomic E-state index is 12.1. The normalized spacial score (nSPS) is 13.1. The number of nitro groups is 1. The van der Waals surface area contributed by atoms with E-state index in [2.05, 4.69) is 5.32 Å². The number of amides is 1. The summed E-state index contributed by atoms with van der Waals surface area (Å²) in [7, 11) is 0. The Bertz CT molecular complexity index is 685. The molecule has 0 heterocycles. The molecule has 1 atom stereocenters. The van der Waals surface area contributed by atoms with Crippen molar-refractivity contribution in [1.82, 2.24) is 5.32 Å². The fraction of sp³-hybridized carbons (Fsp3) is 0.235. The molecule has 0 spiro atoms. The van der Waals surface area contributed by atoms with Gasteiger partial charge in [-0.3, -0.25) is 14.9 Å². The summed E-state index contributed by atoms with van der Waals surface area (Å²) >= 11 is 0. The first-order valence-electron chi connectivity index (χ1n) is 7.27. The number of carbonyl (C=O) groups is 1. The van der Waals surface area contributed by atoms with Crippen LogP contribution in [0.3, 0.4) is 0 Å². The SMILES string of the molecule is CCC(O)(CNC(=O)c1ccc([N+](=O)[O-])cc1)c1ccccc1. The fourth-order valence-corrected chi connectivity index (χ4v) is 2.24. The standard InChI is InChI=1S/C17H18N2O4/c1-2-17(21,14-6-4-3-5-7-14)12-18-16(20)13-8-10-15(11-9-13)19(22)23/h3-11,21H,2,12H2,1H3,(H,18,20). The van der Waals surface area contributed by atoms with Gasteiger partial charge in [-0.15, -0.1) is 0 Å². The van der Waals surface area contributed by atoms with Gasteiger partial charge in [-0.25, -0.2) is 0 Å². The summed E-state index contributed by atoms with van der Waals surface area (Å²) in [5, 5.41) is 24.0. The van der Waals surface area contributed by atoms with E-state index in [-0.39, 0.29) is 18.1 Å². The van der Waals surface area contributed by atoms with Crippen molar-refractivity contribution in [1.29, 1.82) is 0 Å². The molecular formula is C17H18N2O4. The van der Waals surface area contributed by atoms with Gasteiger partial charge in [0, 0.05) is 17.7 Å². The van der Waals surface area contributed by atoms with Crippen molar-refractivity contribution >= 4 is 11.6 Å². The highest BCUT2D eigenvalue weighted by molar-refractivity contribution is 5.94. The van der Waals surface area contributed by atoms with E-state index in [1.807, 2.05) is 37.3 Å². The first-order valence-corrected chi connectivity index (χ1v) is 7.27. The Morgan fingerprint density at radius 1 is 1.17 bits per heavy atom. The van der Waals surface area contributed by atoms with Gasteiger partial charge in [-0.1, -0.05) is 37.3 Å². The Balaban J connectivity index is 2.06. The molecule has 0 bridgehead atoms. The van der Waals surface area contributed by atoms with Crippen LogP contribution in [0.4, 0.5) is 5.69 Å². The van der Waals surface area contributed by atoms with E-state index in [0.29, 0.717) is 12.0 Å². The molecule has 1 amide bonds. The van der Waals surface area contributed by atoms with Gasteiger partial charge in [-0.05, 0) is 24.1 Å². The van der Waals surface area contributed by atoms with Crippen LogP contribution in [0.15, 0.2) is 54.6 Å². The number of aliphatic hydroxyl groups is 1. The monoisotopic (exact) mass is 314 g/mol. The third-order valence-corrected chi connectivity index (χ3v) is 3.78. The topological polar surface area (TPSA) is 92.5 Å². The van der Waals surface area contributed by atoms with Crippen LogP contribution in [0.2, 0.25) is 0 Å². The average Bonchev–Trinajstić information content (AvgIpc) is 2.60. The summed E-state index contributed by atoms with van der Waals surface area (Å²) in [6.07, 6.45) is 0.442. The molecule has 2 aromatic carbocycles. The smallest absolute Gasteiger partial charge is 0.269 e. The Labute approximate surface area is 133 Å². The first kappa shape index (κ1) is 16.6. The molecule has 1 unspecified atom stereocenters. The lowest BCUT2D eigenvalue weighted by Crippen LogP contribution is -2.40. The molecular weight excluding hydrogens is 296 g/mol. The number of rotatable bonds is 6. The fourth-order valence-electron chi connectivity index (χ4n) is 2.24. The molecule has 0 radical (unpaired) electrons. The second kappa shape index (κ2) is 7.02. The molecule has 2 rings (SSSR count). The van der Waals surface area contributed by atoms with Crippen LogP contribution in [-0.2, 0) is 5.60 Å². The predicted octanol–water partition coefficient (Wildman–Crippen LogP) is 2.62. The van der Waals surface area contributed by atoms with Crippen LogP contribution in [0.25, 0.3) is 0 Å². The summed E-state index contributed by atoms with van der Waals surface area (Å²) in [4.78, 5) is 22.2. The number of nitrogens with one attached hydrogen (secondary N) is 1. The molecule has 0 aliphatic rings. The zero-order valence-corrected chi connectivity index (χ0v) is 12.7. The molecule has 0 aliphatic carbocycles. The van der Waals surface area contributed by atoms with Crippen molar-refractivity contribution in [2.45, 2.75) is 18.9 Å². The molecule has 2 N–H and O–H groups in total. The summed E-state index contributed by atoms with van der Waals surface area (Å²) in [6.45, 7) is 1.90. The van der Waals surface area contributed by atoms with Crippen molar-refractivity contribution in [2.24, 2.45) is 0 Å². The Morgan fingerprint density at radius 3 is 2.30 bits per heavy atom. The van der Waals surface area contributed by atoms with Gasteiger partial charge in [0.05, 0.1) is 11.5 Å². The summed E-state index contributed by atoms with van der Waals surface area (Å²) < 4.78 is 0. The van der Waals surface area contributed by atoms with Crippen LogP contribution < -0.4 is 5.32 Å². The molecule has 120 valence electrons. The van der Waals surface area contributed by atoms with Crippen LogP contribution in [-0.4, -0.2) is 22.5 Å². The maximum absolute atomic E-state index is 12.1. The number of hydrogen-bond acceptors (Lipinski definition) is 4. The third kappa shape index (κ3) is 3.92. The number of hydrogen-bond donors (Lipinski definition) is 2. The van der Waals surface area contributed by atoms with Crippen molar-refractivity contribution in [2.75, 3.05) is 6.54 Å². The van der Waals surface area contributed by atoms with E-state index in [4.69, 9.17) is 0 Å². The molecule has 23 heavy (non-hydrogen) atoms. The second-order valence-electron chi connectivity index (χ2n) is 5.24. The quantitative estimate of drug-likeness (QED) is 0.633. The van der Waals surface area contributed by atoms with E-state index in [1.54, 1.807) is 0 Å². The lowest BCUT2D eigenvalue weighted by atomic mass is 9.91. The molecule has 6 nitrogen and oxygen atoms in total. The van der Waals surface area contributed by atoms with Gasteiger partial charge >= 0.3 is 0 Å². The van der Waals surface area contributed by atoms with Crippen molar-refractivity contribution < 1.29 is 14.8 Å². The largest absolute Gasteiger partial charge is 0.383 e. The van der Waals surface area contributed by atoms with E-state index < -0.39 is 10.5 Å². The van der Waals surface area contributed by atoms with E-state index in [0.717, 1.165) is 5.56 Å². The summed E-state index contributed by atoms with van der Waals surface area (Å²) in [5.74, 6) is -0.386. The number of carbonyl (C=O) groups excluding carboxylic acids is 1. The van der Waals surface area contributed by atoms with Gasteiger partial charge < -0.3 is 10.4 Å². The number of nitrogens with zero attached hydrogens (tertiary/aromatic N) is 1. The van der Waals surface area contributed by atoms with Crippen molar-refractivity contribution in [3.05, 3.63) is 75.8 Å².